The molecule has 0 saturated carbocycles. The van der Waals surface area contributed by atoms with Gasteiger partial charge in [-0.3, -0.25) is 9.59 Å². The predicted molar refractivity (Wildman–Crippen MR) is 102 cm³/mol. The summed E-state index contributed by atoms with van der Waals surface area (Å²) in [5.41, 5.74) is 1.86. The van der Waals surface area contributed by atoms with Gasteiger partial charge in [0.1, 0.15) is 5.75 Å². The summed E-state index contributed by atoms with van der Waals surface area (Å²) < 4.78 is 5.40. The van der Waals surface area contributed by atoms with Crippen LogP contribution in [0.4, 0.5) is 0 Å². The second kappa shape index (κ2) is 9.04. The highest BCUT2D eigenvalue weighted by Gasteiger charge is 2.24. The van der Waals surface area contributed by atoms with Crippen LogP contribution >= 0.6 is 0 Å². The molecule has 5 nitrogen and oxygen atoms in total. The van der Waals surface area contributed by atoms with E-state index in [0.717, 1.165) is 16.9 Å². The minimum Gasteiger partial charge on any atom is -0.496 e. The van der Waals surface area contributed by atoms with Crippen molar-refractivity contribution in [2.75, 3.05) is 14.2 Å². The lowest BCUT2D eigenvalue weighted by atomic mass is 10.0. The number of carbonyl (C=O) groups is 2. The molecule has 0 spiro atoms. The number of para-hydroxylation sites is 1. The molecule has 0 aliphatic carbocycles. The third-order valence-electron chi connectivity index (χ3n) is 4.52. The molecule has 1 N–H and O–H groups in total. The molecule has 0 saturated heterocycles. The molecule has 26 heavy (non-hydrogen) atoms. The zero-order chi connectivity index (χ0) is 19.1. The molecule has 2 amide bonds. The van der Waals surface area contributed by atoms with E-state index in [1.54, 1.807) is 19.1 Å². The zero-order valence-corrected chi connectivity index (χ0v) is 15.7. The maximum absolute atomic E-state index is 12.9. The molecule has 2 unspecified atom stereocenters. The van der Waals surface area contributed by atoms with E-state index in [1.807, 2.05) is 61.5 Å². The molecule has 0 fully saturated rings. The van der Waals surface area contributed by atoms with Crippen LogP contribution in [0.5, 0.6) is 5.75 Å². The summed E-state index contributed by atoms with van der Waals surface area (Å²) >= 11 is 0. The first-order valence-electron chi connectivity index (χ1n) is 8.64. The number of nitrogens with one attached hydrogen (secondary N) is 1. The molecular formula is C21H26N2O3. The van der Waals surface area contributed by atoms with E-state index in [-0.39, 0.29) is 30.3 Å². The standard InChI is InChI=1S/C21H26N2O3/c1-15(18-12-8-9-13-20(18)26-4)23(3)21(25)14-19(22-16(2)24)17-10-6-5-7-11-17/h5-13,15,19H,14H2,1-4H3,(H,22,24). The smallest absolute Gasteiger partial charge is 0.225 e. The first-order chi connectivity index (χ1) is 12.4. The van der Waals surface area contributed by atoms with Crippen molar-refractivity contribution in [3.8, 4) is 5.75 Å². The lowest BCUT2D eigenvalue weighted by Gasteiger charge is -2.28. The highest BCUT2D eigenvalue weighted by Crippen LogP contribution is 2.29. The molecule has 0 aromatic heterocycles. The second-order valence-electron chi connectivity index (χ2n) is 6.29. The molecule has 0 heterocycles. The molecular weight excluding hydrogens is 328 g/mol. The minimum absolute atomic E-state index is 0.0500. The number of benzene rings is 2. The fourth-order valence-electron chi connectivity index (χ4n) is 2.94. The average molecular weight is 354 g/mol. The first kappa shape index (κ1) is 19.5. The van der Waals surface area contributed by atoms with Crippen LogP contribution in [-0.4, -0.2) is 30.9 Å². The molecule has 2 atom stereocenters. The molecule has 2 aromatic carbocycles. The van der Waals surface area contributed by atoms with Gasteiger partial charge in [-0.05, 0) is 18.6 Å². The van der Waals surface area contributed by atoms with Gasteiger partial charge in [-0.15, -0.1) is 0 Å². The highest BCUT2D eigenvalue weighted by atomic mass is 16.5. The van der Waals surface area contributed by atoms with Gasteiger partial charge in [0.05, 0.1) is 25.6 Å². The van der Waals surface area contributed by atoms with Crippen molar-refractivity contribution in [1.29, 1.82) is 0 Å². The van der Waals surface area contributed by atoms with Gasteiger partial charge in [-0.25, -0.2) is 0 Å². The summed E-state index contributed by atoms with van der Waals surface area (Å²) in [4.78, 5) is 26.1. The Labute approximate surface area is 155 Å². The van der Waals surface area contributed by atoms with Crippen LogP contribution < -0.4 is 10.1 Å². The molecule has 2 rings (SSSR count). The monoisotopic (exact) mass is 354 g/mol. The van der Waals surface area contributed by atoms with Gasteiger partial charge in [-0.2, -0.15) is 0 Å². The van der Waals surface area contributed by atoms with Crippen LogP contribution in [0.3, 0.4) is 0 Å². The number of carbonyl (C=O) groups excluding carboxylic acids is 2. The van der Waals surface area contributed by atoms with Crippen LogP contribution in [0.1, 0.15) is 43.5 Å². The SMILES string of the molecule is COc1ccccc1C(C)N(C)C(=O)CC(NC(C)=O)c1ccccc1. The molecule has 138 valence electrons. The normalized spacial score (nSPS) is 12.8. The molecule has 0 aliphatic rings. The van der Waals surface area contributed by atoms with Crippen LogP contribution in [0.2, 0.25) is 0 Å². The Bertz CT molecular complexity index is 746. The van der Waals surface area contributed by atoms with Crippen LogP contribution in [0, 0.1) is 0 Å². The van der Waals surface area contributed by atoms with E-state index < -0.39 is 0 Å². The van der Waals surface area contributed by atoms with Crippen LogP contribution in [0.25, 0.3) is 0 Å². The number of hydrogen-bond acceptors (Lipinski definition) is 3. The first-order valence-corrected chi connectivity index (χ1v) is 8.64. The number of methoxy groups -OCH3 is 1. The lowest BCUT2D eigenvalue weighted by Crippen LogP contribution is -2.35. The third kappa shape index (κ3) is 4.85. The highest BCUT2D eigenvalue weighted by molar-refractivity contribution is 5.79. The largest absolute Gasteiger partial charge is 0.496 e. The summed E-state index contributed by atoms with van der Waals surface area (Å²) in [6, 6.07) is 16.7. The number of nitrogens with zero attached hydrogens (tertiary/aromatic N) is 1. The fourth-order valence-corrected chi connectivity index (χ4v) is 2.94. The van der Waals surface area contributed by atoms with Crippen molar-refractivity contribution in [2.45, 2.75) is 32.4 Å². The summed E-state index contributed by atoms with van der Waals surface area (Å²) in [7, 11) is 3.39. The van der Waals surface area contributed by atoms with E-state index in [2.05, 4.69) is 5.32 Å². The van der Waals surface area contributed by atoms with E-state index in [0.29, 0.717) is 0 Å². The third-order valence-corrected chi connectivity index (χ3v) is 4.52. The minimum atomic E-state index is -0.353. The Hall–Kier alpha value is -2.82. The molecule has 0 aliphatic heterocycles. The summed E-state index contributed by atoms with van der Waals surface area (Å²) in [5.74, 6) is 0.541. The van der Waals surface area contributed by atoms with Gasteiger partial charge >= 0.3 is 0 Å². The Morgan fingerprint density at radius 3 is 2.31 bits per heavy atom. The number of ether oxygens (including phenoxy) is 1. The Balaban J connectivity index is 2.16. The van der Waals surface area contributed by atoms with Gasteiger partial charge < -0.3 is 15.0 Å². The van der Waals surface area contributed by atoms with Gasteiger partial charge in [-0.1, -0.05) is 48.5 Å². The maximum atomic E-state index is 12.9. The molecule has 0 radical (unpaired) electrons. The van der Waals surface area contributed by atoms with E-state index in [4.69, 9.17) is 4.74 Å². The molecule has 2 aromatic rings. The van der Waals surface area contributed by atoms with Gasteiger partial charge in [0, 0.05) is 19.5 Å². The summed E-state index contributed by atoms with van der Waals surface area (Å²) in [6.45, 7) is 3.42. The molecule has 5 heteroatoms. The maximum Gasteiger partial charge on any atom is 0.225 e. The van der Waals surface area contributed by atoms with Gasteiger partial charge in [0.2, 0.25) is 11.8 Å². The van der Waals surface area contributed by atoms with E-state index in [9.17, 15) is 9.59 Å². The average Bonchev–Trinajstić information content (AvgIpc) is 2.66. The quantitative estimate of drug-likeness (QED) is 0.828. The summed E-state index contributed by atoms with van der Waals surface area (Å²) in [5, 5.41) is 2.87. The van der Waals surface area contributed by atoms with Crippen molar-refractivity contribution >= 4 is 11.8 Å². The van der Waals surface area contributed by atoms with Crippen molar-refractivity contribution in [1.82, 2.24) is 10.2 Å². The lowest BCUT2D eigenvalue weighted by molar-refractivity contribution is -0.132. The topological polar surface area (TPSA) is 58.6 Å². The van der Waals surface area contributed by atoms with E-state index >= 15 is 0 Å². The zero-order valence-electron chi connectivity index (χ0n) is 15.7. The van der Waals surface area contributed by atoms with Gasteiger partial charge in [0.25, 0.3) is 0 Å². The van der Waals surface area contributed by atoms with Crippen molar-refractivity contribution < 1.29 is 14.3 Å². The van der Waals surface area contributed by atoms with Gasteiger partial charge in [0.15, 0.2) is 0 Å². The van der Waals surface area contributed by atoms with E-state index in [1.165, 1.54) is 6.92 Å². The van der Waals surface area contributed by atoms with Crippen LogP contribution in [0.15, 0.2) is 54.6 Å². The fraction of sp³-hybridized carbons (Fsp3) is 0.333. The number of hydrogen-bond donors (Lipinski definition) is 1. The van der Waals surface area contributed by atoms with Crippen molar-refractivity contribution in [3.05, 3.63) is 65.7 Å². The Morgan fingerprint density at radius 1 is 1.08 bits per heavy atom. The Kier molecular flexibility index (Phi) is 6.78. The molecule has 0 bridgehead atoms. The van der Waals surface area contributed by atoms with Crippen molar-refractivity contribution in [3.63, 3.8) is 0 Å². The number of rotatable bonds is 7. The number of amides is 2. The van der Waals surface area contributed by atoms with Crippen LogP contribution in [-0.2, 0) is 9.59 Å². The summed E-state index contributed by atoms with van der Waals surface area (Å²) in [6.07, 6.45) is 0.194. The Morgan fingerprint density at radius 2 is 1.69 bits per heavy atom. The second-order valence-corrected chi connectivity index (χ2v) is 6.29. The predicted octanol–water partition coefficient (Wildman–Crippen LogP) is 3.48. The van der Waals surface area contributed by atoms with Crippen molar-refractivity contribution in [2.24, 2.45) is 0 Å².